The Hall–Kier alpha value is -4.01. The van der Waals surface area contributed by atoms with Crippen LogP contribution in [0.1, 0.15) is 6.92 Å². The molecule has 2 aromatic carbocycles. The van der Waals surface area contributed by atoms with Crippen LogP contribution in [0.3, 0.4) is 0 Å². The van der Waals surface area contributed by atoms with Gasteiger partial charge in [-0.2, -0.15) is 4.39 Å². The van der Waals surface area contributed by atoms with Crippen molar-refractivity contribution < 1.29 is 27.5 Å². The molecule has 2 heterocycles. The molecular formula is C22H17F2N3O4. The van der Waals surface area contributed by atoms with Gasteiger partial charge in [0.05, 0.1) is 12.7 Å². The molecule has 0 bridgehead atoms. The van der Waals surface area contributed by atoms with Gasteiger partial charge in [0, 0.05) is 18.0 Å². The maximum Gasteiger partial charge on any atom is 0.265 e. The van der Waals surface area contributed by atoms with Crippen LogP contribution < -0.4 is 14.8 Å². The van der Waals surface area contributed by atoms with E-state index in [2.05, 4.69) is 15.3 Å². The van der Waals surface area contributed by atoms with Crippen LogP contribution in [0.4, 0.5) is 14.5 Å². The molecule has 0 aliphatic heterocycles. The molecule has 4 rings (SSSR count). The first-order valence-corrected chi connectivity index (χ1v) is 9.27. The lowest BCUT2D eigenvalue weighted by atomic mass is 10.2. The fourth-order valence-electron chi connectivity index (χ4n) is 2.82. The van der Waals surface area contributed by atoms with Crippen molar-refractivity contribution in [2.45, 2.75) is 13.0 Å². The van der Waals surface area contributed by atoms with Crippen LogP contribution >= 0.6 is 0 Å². The lowest BCUT2D eigenvalue weighted by Gasteiger charge is -2.15. The zero-order valence-electron chi connectivity index (χ0n) is 16.6. The van der Waals surface area contributed by atoms with E-state index in [0.29, 0.717) is 34.1 Å². The van der Waals surface area contributed by atoms with E-state index in [1.54, 1.807) is 36.5 Å². The number of carbonyl (C=O) groups excluding carboxylic acids is 1. The summed E-state index contributed by atoms with van der Waals surface area (Å²) < 4.78 is 43.1. The number of ether oxygens (including phenoxy) is 2. The molecule has 1 atom stereocenters. The van der Waals surface area contributed by atoms with E-state index in [9.17, 15) is 13.6 Å². The number of fused-ring (bicyclic) bond motifs is 1. The van der Waals surface area contributed by atoms with E-state index < -0.39 is 23.6 Å². The summed E-state index contributed by atoms with van der Waals surface area (Å²) in [5.74, 6) is -2.24. The first-order chi connectivity index (χ1) is 14.9. The van der Waals surface area contributed by atoms with Gasteiger partial charge in [-0.1, -0.05) is 6.07 Å². The zero-order valence-corrected chi connectivity index (χ0v) is 16.6. The van der Waals surface area contributed by atoms with Crippen LogP contribution in [0.25, 0.3) is 22.6 Å². The molecule has 9 heteroatoms. The molecule has 1 amide bonds. The molecule has 1 N–H and O–H groups in total. The first kappa shape index (κ1) is 20.3. The van der Waals surface area contributed by atoms with E-state index in [4.69, 9.17) is 13.9 Å². The summed E-state index contributed by atoms with van der Waals surface area (Å²) in [6.07, 6.45) is 0.516. The number of rotatable bonds is 6. The van der Waals surface area contributed by atoms with Gasteiger partial charge in [-0.25, -0.2) is 14.4 Å². The molecule has 4 aromatic rings. The van der Waals surface area contributed by atoms with Gasteiger partial charge in [0.2, 0.25) is 17.6 Å². The lowest BCUT2D eigenvalue weighted by molar-refractivity contribution is -0.122. The Bertz CT molecular complexity index is 1240. The van der Waals surface area contributed by atoms with Crippen molar-refractivity contribution in [3.63, 3.8) is 0 Å². The zero-order chi connectivity index (χ0) is 22.0. The summed E-state index contributed by atoms with van der Waals surface area (Å²) in [6, 6.07) is 11.9. The number of pyridine rings is 1. The highest BCUT2D eigenvalue weighted by molar-refractivity contribution is 5.95. The predicted molar refractivity (Wildman–Crippen MR) is 109 cm³/mol. The minimum Gasteiger partial charge on any atom is -0.481 e. The number of halogens is 2. The highest BCUT2D eigenvalue weighted by atomic mass is 19.2. The van der Waals surface area contributed by atoms with Gasteiger partial charge in [0.25, 0.3) is 5.91 Å². The number of aromatic nitrogens is 2. The molecule has 158 valence electrons. The van der Waals surface area contributed by atoms with E-state index in [1.165, 1.54) is 26.2 Å². The number of hydrogen-bond acceptors (Lipinski definition) is 6. The maximum atomic E-state index is 13.7. The quantitative estimate of drug-likeness (QED) is 0.487. The average molecular weight is 425 g/mol. The first-order valence-electron chi connectivity index (χ1n) is 9.27. The molecule has 7 nitrogen and oxygen atoms in total. The molecule has 2 aromatic heterocycles. The second-order valence-electron chi connectivity index (χ2n) is 6.59. The van der Waals surface area contributed by atoms with Crippen LogP contribution in [-0.4, -0.2) is 29.1 Å². The number of carbonyl (C=O) groups is 1. The number of nitrogens with zero attached hydrogens (tertiary/aromatic N) is 2. The van der Waals surface area contributed by atoms with Gasteiger partial charge in [-0.05, 0) is 43.3 Å². The number of hydrogen-bond donors (Lipinski definition) is 1. The van der Waals surface area contributed by atoms with E-state index >= 15 is 0 Å². The summed E-state index contributed by atoms with van der Waals surface area (Å²) in [4.78, 5) is 21.0. The standard InChI is InChI=1S/C22H17F2N3O4/c1-12(30-18-5-3-4-15(23)20(18)24)21(28)26-14-7-8-17-16(10-14)27-22(31-17)13-6-9-19(29-2)25-11-13/h3-12H,1-2H3,(H,26,28)/t12-/m0/s1. The second kappa shape index (κ2) is 8.39. The van der Waals surface area contributed by atoms with Crippen molar-refractivity contribution in [3.8, 4) is 23.1 Å². The molecule has 0 aliphatic rings. The van der Waals surface area contributed by atoms with Crippen molar-refractivity contribution in [1.29, 1.82) is 0 Å². The Morgan fingerprint density at radius 2 is 2.00 bits per heavy atom. The van der Waals surface area contributed by atoms with E-state index in [1.807, 2.05) is 0 Å². The monoisotopic (exact) mass is 425 g/mol. The molecule has 0 radical (unpaired) electrons. The van der Waals surface area contributed by atoms with Crippen LogP contribution in [0.2, 0.25) is 0 Å². The minimum atomic E-state index is -1.15. The van der Waals surface area contributed by atoms with Crippen molar-refractivity contribution >= 4 is 22.7 Å². The number of amides is 1. The number of nitrogens with one attached hydrogen (secondary N) is 1. The smallest absolute Gasteiger partial charge is 0.265 e. The highest BCUT2D eigenvalue weighted by Crippen LogP contribution is 2.27. The molecule has 0 unspecified atom stereocenters. The molecule has 31 heavy (non-hydrogen) atoms. The van der Waals surface area contributed by atoms with Gasteiger partial charge < -0.3 is 19.2 Å². The van der Waals surface area contributed by atoms with E-state index in [-0.39, 0.29) is 5.75 Å². The molecule has 0 saturated carbocycles. The Kier molecular flexibility index (Phi) is 5.48. The fraction of sp³-hybridized carbons (Fsp3) is 0.136. The number of benzene rings is 2. The molecule has 0 spiro atoms. The number of anilines is 1. The van der Waals surface area contributed by atoms with Crippen molar-refractivity contribution in [2.75, 3.05) is 12.4 Å². The summed E-state index contributed by atoms with van der Waals surface area (Å²) >= 11 is 0. The average Bonchev–Trinajstić information content (AvgIpc) is 3.20. The molecule has 0 fully saturated rings. The van der Waals surface area contributed by atoms with Crippen molar-refractivity contribution in [2.24, 2.45) is 0 Å². The Labute approximate surface area is 175 Å². The maximum absolute atomic E-state index is 13.7. The Balaban J connectivity index is 1.49. The predicted octanol–water partition coefficient (Wildman–Crippen LogP) is 4.58. The van der Waals surface area contributed by atoms with Crippen LogP contribution in [0.15, 0.2) is 59.1 Å². The third-order valence-corrected chi connectivity index (χ3v) is 4.44. The fourth-order valence-corrected chi connectivity index (χ4v) is 2.82. The van der Waals surface area contributed by atoms with Gasteiger partial charge in [-0.3, -0.25) is 4.79 Å². The topological polar surface area (TPSA) is 86.5 Å². The molecule has 0 aliphatic carbocycles. The van der Waals surface area contributed by atoms with Gasteiger partial charge in [0.1, 0.15) is 5.52 Å². The normalized spacial score (nSPS) is 11.9. The third-order valence-electron chi connectivity index (χ3n) is 4.44. The number of oxazole rings is 1. The summed E-state index contributed by atoms with van der Waals surface area (Å²) in [5, 5.41) is 2.66. The number of methoxy groups -OCH3 is 1. The summed E-state index contributed by atoms with van der Waals surface area (Å²) in [5.41, 5.74) is 2.16. The van der Waals surface area contributed by atoms with E-state index in [0.717, 1.165) is 6.07 Å². The summed E-state index contributed by atoms with van der Waals surface area (Å²) in [7, 11) is 1.53. The SMILES string of the molecule is COc1ccc(-c2nc3cc(NC(=O)[C@H](C)Oc4cccc(F)c4F)ccc3o2)cn1. The van der Waals surface area contributed by atoms with Crippen LogP contribution in [-0.2, 0) is 4.79 Å². The molecule has 0 saturated heterocycles. The lowest BCUT2D eigenvalue weighted by Crippen LogP contribution is -2.30. The van der Waals surface area contributed by atoms with Gasteiger partial charge in [-0.15, -0.1) is 0 Å². The second-order valence-corrected chi connectivity index (χ2v) is 6.59. The molecular weight excluding hydrogens is 408 g/mol. The summed E-state index contributed by atoms with van der Waals surface area (Å²) in [6.45, 7) is 1.43. The highest BCUT2D eigenvalue weighted by Gasteiger charge is 2.19. The Morgan fingerprint density at radius 1 is 1.16 bits per heavy atom. The van der Waals surface area contributed by atoms with Crippen LogP contribution in [0, 0.1) is 11.6 Å². The third kappa shape index (κ3) is 4.30. The van der Waals surface area contributed by atoms with Crippen molar-refractivity contribution in [3.05, 3.63) is 66.4 Å². The largest absolute Gasteiger partial charge is 0.481 e. The van der Waals surface area contributed by atoms with Gasteiger partial charge in [0.15, 0.2) is 23.3 Å². The van der Waals surface area contributed by atoms with Crippen LogP contribution in [0.5, 0.6) is 11.6 Å². The van der Waals surface area contributed by atoms with Gasteiger partial charge >= 0.3 is 0 Å². The minimum absolute atomic E-state index is 0.340. The Morgan fingerprint density at radius 3 is 2.74 bits per heavy atom. The van der Waals surface area contributed by atoms with Crippen molar-refractivity contribution in [1.82, 2.24) is 9.97 Å².